The second-order valence-electron chi connectivity index (χ2n) is 5.30. The van der Waals surface area contributed by atoms with Gasteiger partial charge in [-0.1, -0.05) is 23.7 Å². The summed E-state index contributed by atoms with van der Waals surface area (Å²) in [6, 6.07) is 6.15. The number of methoxy groups -OCH3 is 1. The first-order chi connectivity index (χ1) is 11.5. The van der Waals surface area contributed by atoms with Crippen LogP contribution < -0.4 is 5.32 Å². The van der Waals surface area contributed by atoms with Gasteiger partial charge in [0, 0.05) is 17.8 Å². The van der Waals surface area contributed by atoms with Crippen molar-refractivity contribution in [3.05, 3.63) is 46.1 Å². The number of amides is 2. The number of nitrogens with zero attached hydrogens (tertiary/aromatic N) is 1. The third-order valence-electron chi connectivity index (χ3n) is 3.81. The van der Waals surface area contributed by atoms with Crippen LogP contribution in [-0.4, -0.2) is 43.8 Å². The lowest BCUT2D eigenvalue weighted by Gasteiger charge is -2.35. The molecule has 0 spiro atoms. The van der Waals surface area contributed by atoms with Crippen LogP contribution in [0.2, 0.25) is 5.02 Å². The molecule has 2 amide bonds. The molecule has 1 aromatic carbocycles. The van der Waals surface area contributed by atoms with Crippen LogP contribution in [0.4, 0.5) is 4.79 Å². The second kappa shape index (κ2) is 8.17. The highest BCUT2D eigenvalue weighted by molar-refractivity contribution is 6.30. The molecular weight excluding hydrogens is 332 g/mol. The number of benzene rings is 1. The van der Waals surface area contributed by atoms with E-state index in [-0.39, 0.29) is 12.6 Å². The SMILES string of the molecule is CCOC(=O)C1=C(C)N(CCOC)C(=O)NC1c1ccc(Cl)cc1. The lowest BCUT2D eigenvalue weighted by molar-refractivity contribution is -0.139. The molecule has 1 atom stereocenters. The van der Waals surface area contributed by atoms with Crippen molar-refractivity contribution in [1.29, 1.82) is 0 Å². The summed E-state index contributed by atoms with van der Waals surface area (Å²) < 4.78 is 10.2. The summed E-state index contributed by atoms with van der Waals surface area (Å²) in [4.78, 5) is 26.4. The molecule has 2 rings (SSSR count). The van der Waals surface area contributed by atoms with Gasteiger partial charge in [0.15, 0.2) is 0 Å². The van der Waals surface area contributed by atoms with Gasteiger partial charge in [-0.2, -0.15) is 0 Å². The van der Waals surface area contributed by atoms with Gasteiger partial charge in [0.05, 0.1) is 31.4 Å². The Hall–Kier alpha value is -2.05. The molecule has 1 heterocycles. The minimum Gasteiger partial charge on any atom is -0.463 e. The van der Waals surface area contributed by atoms with Crippen molar-refractivity contribution in [2.75, 3.05) is 26.9 Å². The normalized spacial score (nSPS) is 17.8. The average Bonchev–Trinajstić information content (AvgIpc) is 2.55. The second-order valence-corrected chi connectivity index (χ2v) is 5.73. The number of carbonyl (C=O) groups excluding carboxylic acids is 2. The number of esters is 1. The zero-order valence-corrected chi connectivity index (χ0v) is 14.7. The molecule has 0 aliphatic carbocycles. The van der Waals surface area contributed by atoms with Crippen LogP contribution >= 0.6 is 11.6 Å². The van der Waals surface area contributed by atoms with E-state index in [1.165, 1.54) is 4.90 Å². The third kappa shape index (κ3) is 3.88. The fraction of sp³-hybridized carbons (Fsp3) is 0.412. The van der Waals surface area contributed by atoms with E-state index >= 15 is 0 Å². The van der Waals surface area contributed by atoms with E-state index in [1.54, 1.807) is 45.2 Å². The zero-order valence-electron chi connectivity index (χ0n) is 14.0. The van der Waals surface area contributed by atoms with Gasteiger partial charge >= 0.3 is 12.0 Å². The Bertz CT molecular complexity index is 642. The van der Waals surface area contributed by atoms with Crippen molar-refractivity contribution in [3.8, 4) is 0 Å². The zero-order chi connectivity index (χ0) is 17.7. The molecule has 1 N–H and O–H groups in total. The first kappa shape index (κ1) is 18.3. The Kier molecular flexibility index (Phi) is 6.23. The first-order valence-electron chi connectivity index (χ1n) is 7.69. The summed E-state index contributed by atoms with van der Waals surface area (Å²) >= 11 is 5.92. The molecule has 0 aromatic heterocycles. The van der Waals surface area contributed by atoms with Crippen molar-refractivity contribution >= 4 is 23.6 Å². The van der Waals surface area contributed by atoms with E-state index in [0.717, 1.165) is 5.56 Å². The molecule has 130 valence electrons. The highest BCUT2D eigenvalue weighted by atomic mass is 35.5. The maximum atomic E-state index is 12.5. The lowest BCUT2D eigenvalue weighted by Crippen LogP contribution is -2.49. The van der Waals surface area contributed by atoms with Crippen molar-refractivity contribution in [2.24, 2.45) is 0 Å². The van der Waals surface area contributed by atoms with Crippen LogP contribution in [0.25, 0.3) is 0 Å². The van der Waals surface area contributed by atoms with Gasteiger partial charge in [-0.15, -0.1) is 0 Å². The molecule has 0 saturated heterocycles. The molecule has 6 nitrogen and oxygen atoms in total. The number of carbonyl (C=O) groups is 2. The van der Waals surface area contributed by atoms with Crippen LogP contribution in [0.5, 0.6) is 0 Å². The molecule has 0 radical (unpaired) electrons. The number of allylic oxidation sites excluding steroid dienone is 1. The van der Waals surface area contributed by atoms with Crippen molar-refractivity contribution in [2.45, 2.75) is 19.9 Å². The molecule has 1 aromatic rings. The molecule has 1 aliphatic heterocycles. The molecule has 1 unspecified atom stereocenters. The maximum Gasteiger partial charge on any atom is 0.338 e. The topological polar surface area (TPSA) is 67.9 Å². The Morgan fingerprint density at radius 1 is 1.33 bits per heavy atom. The number of ether oxygens (including phenoxy) is 2. The standard InChI is InChI=1S/C17H21ClN2O4/c1-4-24-16(21)14-11(2)20(9-10-23-3)17(22)19-15(14)12-5-7-13(18)8-6-12/h5-8,15H,4,9-10H2,1-3H3,(H,19,22). The summed E-state index contributed by atoms with van der Waals surface area (Å²) in [6.07, 6.45) is 0. The van der Waals surface area contributed by atoms with Crippen molar-refractivity contribution in [1.82, 2.24) is 10.2 Å². The van der Waals surface area contributed by atoms with Gasteiger partial charge in [-0.05, 0) is 31.5 Å². The Balaban J connectivity index is 2.45. The molecule has 0 fully saturated rings. The van der Waals surface area contributed by atoms with Gasteiger partial charge in [0.25, 0.3) is 0 Å². The van der Waals surface area contributed by atoms with Crippen molar-refractivity contribution in [3.63, 3.8) is 0 Å². The molecule has 1 aliphatic rings. The number of rotatable bonds is 6. The van der Waals surface area contributed by atoms with Crippen LogP contribution in [0.3, 0.4) is 0 Å². The van der Waals surface area contributed by atoms with Crippen LogP contribution in [-0.2, 0) is 14.3 Å². The summed E-state index contributed by atoms with van der Waals surface area (Å²) in [5, 5.41) is 3.44. The number of urea groups is 1. The number of hydrogen-bond donors (Lipinski definition) is 1. The number of nitrogens with one attached hydrogen (secondary N) is 1. The molecule has 24 heavy (non-hydrogen) atoms. The highest BCUT2D eigenvalue weighted by Crippen LogP contribution is 2.31. The predicted molar refractivity (Wildman–Crippen MR) is 90.6 cm³/mol. The van der Waals surface area contributed by atoms with Crippen LogP contribution in [0, 0.1) is 0 Å². The first-order valence-corrected chi connectivity index (χ1v) is 8.07. The van der Waals surface area contributed by atoms with E-state index in [9.17, 15) is 9.59 Å². The van der Waals surface area contributed by atoms with Gasteiger partial charge in [0.2, 0.25) is 0 Å². The van der Waals surface area contributed by atoms with Crippen molar-refractivity contribution < 1.29 is 19.1 Å². The smallest absolute Gasteiger partial charge is 0.338 e. The fourth-order valence-corrected chi connectivity index (χ4v) is 2.74. The fourth-order valence-electron chi connectivity index (χ4n) is 2.61. The Labute approximate surface area is 146 Å². The van der Waals surface area contributed by atoms with Crippen LogP contribution in [0.1, 0.15) is 25.5 Å². The highest BCUT2D eigenvalue weighted by Gasteiger charge is 2.36. The minimum atomic E-state index is -0.576. The maximum absolute atomic E-state index is 12.5. The number of halogens is 1. The number of hydrogen-bond acceptors (Lipinski definition) is 4. The van der Waals surface area contributed by atoms with E-state index in [2.05, 4.69) is 5.32 Å². The Morgan fingerprint density at radius 3 is 2.58 bits per heavy atom. The van der Waals surface area contributed by atoms with E-state index in [4.69, 9.17) is 21.1 Å². The minimum absolute atomic E-state index is 0.259. The van der Waals surface area contributed by atoms with Gasteiger partial charge in [0.1, 0.15) is 0 Å². The summed E-state index contributed by atoms with van der Waals surface area (Å²) in [6.45, 7) is 4.46. The van der Waals surface area contributed by atoms with E-state index < -0.39 is 12.0 Å². The lowest BCUT2D eigenvalue weighted by atomic mass is 9.95. The molecule has 7 heteroatoms. The summed E-state index contributed by atoms with van der Waals surface area (Å²) in [5.41, 5.74) is 1.74. The quantitative estimate of drug-likeness (QED) is 0.799. The monoisotopic (exact) mass is 352 g/mol. The molecular formula is C17H21ClN2O4. The average molecular weight is 353 g/mol. The summed E-state index contributed by atoms with van der Waals surface area (Å²) in [5.74, 6) is -0.447. The van der Waals surface area contributed by atoms with Crippen LogP contribution in [0.15, 0.2) is 35.5 Å². The molecule has 0 saturated carbocycles. The molecule has 0 bridgehead atoms. The Morgan fingerprint density at radius 2 is 2.00 bits per heavy atom. The van der Waals surface area contributed by atoms with Gasteiger partial charge in [-0.25, -0.2) is 9.59 Å². The summed E-state index contributed by atoms with van der Waals surface area (Å²) in [7, 11) is 1.56. The van der Waals surface area contributed by atoms with Gasteiger partial charge in [-0.3, -0.25) is 4.90 Å². The van der Waals surface area contributed by atoms with E-state index in [1.807, 2.05) is 0 Å². The third-order valence-corrected chi connectivity index (χ3v) is 4.07. The van der Waals surface area contributed by atoms with E-state index in [0.29, 0.717) is 29.4 Å². The predicted octanol–water partition coefficient (Wildman–Crippen LogP) is 2.89. The van der Waals surface area contributed by atoms with Gasteiger partial charge < -0.3 is 14.8 Å². The largest absolute Gasteiger partial charge is 0.463 e.